The van der Waals surface area contributed by atoms with E-state index in [2.05, 4.69) is 25.3 Å². The molecule has 0 atom stereocenters. The fourth-order valence-corrected chi connectivity index (χ4v) is 2.88. The van der Waals surface area contributed by atoms with Crippen molar-refractivity contribution >= 4 is 17.2 Å². The highest BCUT2D eigenvalue weighted by molar-refractivity contribution is 5.53. The van der Waals surface area contributed by atoms with Gasteiger partial charge in [0.25, 0.3) is 11.3 Å². The topological polar surface area (TPSA) is 98.5 Å². The van der Waals surface area contributed by atoms with Gasteiger partial charge in [0, 0.05) is 37.7 Å². The fourth-order valence-electron chi connectivity index (χ4n) is 2.88. The summed E-state index contributed by atoms with van der Waals surface area (Å²) < 4.78 is 4.89. The van der Waals surface area contributed by atoms with Crippen LogP contribution in [0.5, 0.6) is 0 Å². The lowest BCUT2D eigenvalue weighted by Gasteiger charge is -2.21. The van der Waals surface area contributed by atoms with Crippen LogP contribution in [0.25, 0.3) is 11.4 Å². The van der Waals surface area contributed by atoms with Gasteiger partial charge in [-0.05, 0) is 13.8 Å². The summed E-state index contributed by atoms with van der Waals surface area (Å²) in [6.07, 6.45) is 4.96. The summed E-state index contributed by atoms with van der Waals surface area (Å²) in [5.74, 6) is 2.09. The normalized spacial score (nSPS) is 11.5. The minimum atomic E-state index is -0.182. The van der Waals surface area contributed by atoms with E-state index in [0.717, 1.165) is 17.1 Å². The van der Waals surface area contributed by atoms with Gasteiger partial charge < -0.3 is 9.47 Å². The fraction of sp³-hybridized carbons (Fsp3) is 0.333. The van der Waals surface area contributed by atoms with Crippen LogP contribution in [0.3, 0.4) is 0 Å². The van der Waals surface area contributed by atoms with E-state index in [9.17, 15) is 4.79 Å². The third-order valence-corrected chi connectivity index (χ3v) is 4.33. The van der Waals surface area contributed by atoms with Crippen LogP contribution >= 0.6 is 0 Å². The monoisotopic (exact) mass is 339 g/mol. The lowest BCUT2D eigenvalue weighted by molar-refractivity contribution is 0.767. The lowest BCUT2D eigenvalue weighted by Crippen LogP contribution is -2.24. The highest BCUT2D eigenvalue weighted by atomic mass is 16.1. The predicted molar refractivity (Wildman–Crippen MR) is 90.6 cm³/mol. The van der Waals surface area contributed by atoms with Gasteiger partial charge in [0.1, 0.15) is 12.1 Å². The third-order valence-electron chi connectivity index (χ3n) is 4.33. The van der Waals surface area contributed by atoms with Crippen molar-refractivity contribution in [2.24, 2.45) is 7.05 Å². The third kappa shape index (κ3) is 2.25. The summed E-state index contributed by atoms with van der Waals surface area (Å²) in [5.41, 5.74) is 2.02. The van der Waals surface area contributed by atoms with E-state index in [1.54, 1.807) is 28.4 Å². The second kappa shape index (κ2) is 5.36. The van der Waals surface area contributed by atoms with E-state index < -0.39 is 0 Å². The number of anilines is 1. The molecule has 0 fully saturated rings. The lowest BCUT2D eigenvalue weighted by atomic mass is 10.2. The molecule has 4 rings (SSSR count). The van der Waals surface area contributed by atoms with Crippen molar-refractivity contribution in [3.8, 4) is 0 Å². The average molecular weight is 339 g/mol. The Balaban J connectivity index is 1.80. The molecule has 0 spiro atoms. The van der Waals surface area contributed by atoms with Crippen LogP contribution in [0, 0.1) is 13.8 Å². The maximum absolute atomic E-state index is 12.1. The van der Waals surface area contributed by atoms with E-state index in [-0.39, 0.29) is 5.56 Å². The maximum Gasteiger partial charge on any atom is 0.295 e. The van der Waals surface area contributed by atoms with Crippen molar-refractivity contribution in [1.29, 1.82) is 0 Å². The summed E-state index contributed by atoms with van der Waals surface area (Å²) in [6, 6.07) is 0. The summed E-state index contributed by atoms with van der Waals surface area (Å²) in [5, 5.41) is 12.5. The molecule has 0 unspecified atom stereocenters. The van der Waals surface area contributed by atoms with Crippen LogP contribution in [0.1, 0.15) is 17.1 Å². The van der Waals surface area contributed by atoms with Gasteiger partial charge in [-0.1, -0.05) is 0 Å². The molecule has 10 heteroatoms. The Hall–Kier alpha value is -3.30. The van der Waals surface area contributed by atoms with Crippen molar-refractivity contribution in [1.82, 2.24) is 38.7 Å². The van der Waals surface area contributed by atoms with Crippen molar-refractivity contribution in [3.63, 3.8) is 0 Å². The minimum absolute atomic E-state index is 0.182. The van der Waals surface area contributed by atoms with Gasteiger partial charge in [0.15, 0.2) is 5.82 Å². The molecule has 0 aromatic carbocycles. The van der Waals surface area contributed by atoms with Gasteiger partial charge in [0.2, 0.25) is 5.65 Å². The molecule has 4 aromatic rings. The standard InChI is InChI=1S/C15H17N9O/c1-9-10(2)18-15-16-8-17-24(15)13(9)22(4)7-11-19-20-12-14(25)21(3)5-6-23(11)12/h5-6,8H,7H2,1-4H3. The molecule has 4 aromatic heterocycles. The molecule has 128 valence electrons. The highest BCUT2D eigenvalue weighted by Crippen LogP contribution is 2.22. The second-order valence-electron chi connectivity index (χ2n) is 6.00. The molecule has 0 saturated heterocycles. The molecule has 4 heterocycles. The molecular formula is C15H17N9O. The van der Waals surface area contributed by atoms with Crippen molar-refractivity contribution in [2.75, 3.05) is 11.9 Å². The number of hydrogen-bond acceptors (Lipinski definition) is 7. The first kappa shape index (κ1) is 15.2. The number of aromatic nitrogens is 8. The van der Waals surface area contributed by atoms with Gasteiger partial charge in [-0.3, -0.25) is 9.20 Å². The molecule has 25 heavy (non-hydrogen) atoms. The molecule has 10 nitrogen and oxygen atoms in total. The van der Waals surface area contributed by atoms with Gasteiger partial charge in [-0.15, -0.1) is 10.2 Å². The summed E-state index contributed by atoms with van der Waals surface area (Å²) in [7, 11) is 3.62. The smallest absolute Gasteiger partial charge is 0.295 e. The van der Waals surface area contributed by atoms with Gasteiger partial charge in [0.05, 0.1) is 6.54 Å². The van der Waals surface area contributed by atoms with Crippen LogP contribution in [-0.2, 0) is 13.6 Å². The molecular weight excluding hydrogens is 322 g/mol. The van der Waals surface area contributed by atoms with Crippen LogP contribution in [0.2, 0.25) is 0 Å². The number of rotatable bonds is 3. The molecule has 0 saturated carbocycles. The Labute approximate surface area is 142 Å². The first-order valence-electron chi connectivity index (χ1n) is 7.74. The van der Waals surface area contributed by atoms with Crippen LogP contribution in [0.4, 0.5) is 5.82 Å². The zero-order valence-electron chi connectivity index (χ0n) is 14.4. The molecule has 0 radical (unpaired) electrons. The molecule has 0 aliphatic rings. The Morgan fingerprint density at radius 1 is 1.20 bits per heavy atom. The summed E-state index contributed by atoms with van der Waals surface area (Å²) in [6.45, 7) is 4.39. The Morgan fingerprint density at radius 3 is 2.80 bits per heavy atom. The van der Waals surface area contributed by atoms with E-state index in [1.165, 1.54) is 10.9 Å². The van der Waals surface area contributed by atoms with E-state index >= 15 is 0 Å². The van der Waals surface area contributed by atoms with Gasteiger partial charge in [-0.2, -0.15) is 14.6 Å². The summed E-state index contributed by atoms with van der Waals surface area (Å²) in [4.78, 5) is 22.7. The average Bonchev–Trinajstić information content (AvgIpc) is 3.19. The molecule has 0 bridgehead atoms. The number of fused-ring (bicyclic) bond motifs is 2. The van der Waals surface area contributed by atoms with E-state index in [1.807, 2.05) is 25.8 Å². The number of nitrogens with zero attached hydrogens (tertiary/aromatic N) is 9. The molecule has 0 amide bonds. The summed E-state index contributed by atoms with van der Waals surface area (Å²) >= 11 is 0. The SMILES string of the molecule is Cc1nc2ncnn2c(N(C)Cc2nnc3c(=O)n(C)ccn23)c1C. The second-order valence-corrected chi connectivity index (χ2v) is 6.00. The molecule has 0 aliphatic carbocycles. The van der Waals surface area contributed by atoms with E-state index in [4.69, 9.17) is 0 Å². The first-order valence-corrected chi connectivity index (χ1v) is 7.74. The first-order chi connectivity index (χ1) is 12.0. The zero-order valence-corrected chi connectivity index (χ0v) is 14.4. The molecule has 0 N–H and O–H groups in total. The minimum Gasteiger partial charge on any atom is -0.352 e. The quantitative estimate of drug-likeness (QED) is 0.523. The zero-order chi connectivity index (χ0) is 17.7. The Bertz CT molecular complexity index is 1150. The molecule has 0 aliphatic heterocycles. The largest absolute Gasteiger partial charge is 0.352 e. The van der Waals surface area contributed by atoms with Crippen molar-refractivity contribution in [2.45, 2.75) is 20.4 Å². The van der Waals surface area contributed by atoms with Gasteiger partial charge in [-0.25, -0.2) is 4.98 Å². The number of hydrogen-bond donors (Lipinski definition) is 0. The van der Waals surface area contributed by atoms with Crippen molar-refractivity contribution in [3.05, 3.63) is 46.2 Å². The van der Waals surface area contributed by atoms with Crippen LogP contribution in [0.15, 0.2) is 23.5 Å². The Kier molecular flexibility index (Phi) is 3.27. The highest BCUT2D eigenvalue weighted by Gasteiger charge is 2.18. The maximum atomic E-state index is 12.1. The van der Waals surface area contributed by atoms with Crippen LogP contribution in [-0.4, -0.2) is 45.8 Å². The Morgan fingerprint density at radius 2 is 2.00 bits per heavy atom. The van der Waals surface area contributed by atoms with Crippen LogP contribution < -0.4 is 10.5 Å². The van der Waals surface area contributed by atoms with E-state index in [0.29, 0.717) is 23.8 Å². The number of aryl methyl sites for hydroxylation is 2. The van der Waals surface area contributed by atoms with Gasteiger partial charge >= 0.3 is 0 Å². The predicted octanol–water partition coefficient (Wildman–Crippen LogP) is 0.119. The van der Waals surface area contributed by atoms with Crippen molar-refractivity contribution < 1.29 is 0 Å².